The Bertz CT molecular complexity index is 493. The van der Waals surface area contributed by atoms with Crippen molar-refractivity contribution in [1.82, 2.24) is 0 Å². The first kappa shape index (κ1) is 13.6. The third kappa shape index (κ3) is 3.82. The summed E-state index contributed by atoms with van der Waals surface area (Å²) in [6.07, 6.45) is 1.56. The number of benzene rings is 2. The molecule has 0 N–H and O–H groups in total. The molecule has 0 aliphatic heterocycles. The molecule has 18 heavy (non-hydrogen) atoms. The number of hydrogen-bond acceptors (Lipinski definition) is 0. The van der Waals surface area contributed by atoms with Gasteiger partial charge in [0.2, 0.25) is 0 Å². The average Bonchev–Trinajstić information content (AvgIpc) is 2.36. The minimum Gasteiger partial charge on any atom is -0.207 e. The van der Waals surface area contributed by atoms with Crippen molar-refractivity contribution >= 4 is 27.5 Å². The Balaban J connectivity index is 1.99. The molecule has 0 amide bonds. The Morgan fingerprint density at radius 3 is 2.50 bits per heavy atom. The fraction of sp³-hybridized carbons (Fsp3) is 0.200. The Hall–Kier alpha value is -0.860. The predicted molar refractivity (Wildman–Crippen MR) is 77.5 cm³/mol. The third-order valence-electron chi connectivity index (χ3n) is 2.77. The Morgan fingerprint density at radius 2 is 1.83 bits per heavy atom. The van der Waals surface area contributed by atoms with Crippen molar-refractivity contribution in [2.75, 3.05) is 0 Å². The number of halogens is 3. The lowest BCUT2D eigenvalue weighted by molar-refractivity contribution is 0.623. The largest absolute Gasteiger partial charge is 0.207 e. The molecule has 0 radical (unpaired) electrons. The maximum Gasteiger partial charge on any atom is 0.124 e. The third-order valence-corrected chi connectivity index (χ3v) is 3.70. The van der Waals surface area contributed by atoms with Crippen molar-refractivity contribution in [3.8, 4) is 0 Å². The first-order chi connectivity index (χ1) is 8.65. The van der Waals surface area contributed by atoms with Crippen LogP contribution in [0.2, 0.25) is 0 Å². The van der Waals surface area contributed by atoms with E-state index in [4.69, 9.17) is 11.6 Å². The van der Waals surface area contributed by atoms with Gasteiger partial charge in [0.05, 0.1) is 5.38 Å². The lowest BCUT2D eigenvalue weighted by Gasteiger charge is -2.10. The van der Waals surface area contributed by atoms with E-state index in [0.717, 1.165) is 28.4 Å². The van der Waals surface area contributed by atoms with Crippen LogP contribution < -0.4 is 0 Å². The molecular formula is C15H13BrClF. The first-order valence-corrected chi connectivity index (χ1v) is 7.02. The number of hydrogen-bond donors (Lipinski definition) is 0. The molecule has 0 bridgehead atoms. The summed E-state index contributed by atoms with van der Waals surface area (Å²) in [4.78, 5) is 0. The summed E-state index contributed by atoms with van der Waals surface area (Å²) in [5, 5.41) is -0.0340. The van der Waals surface area contributed by atoms with E-state index in [2.05, 4.69) is 15.9 Å². The zero-order chi connectivity index (χ0) is 13.0. The van der Waals surface area contributed by atoms with Crippen LogP contribution in [0.25, 0.3) is 0 Å². The fourth-order valence-electron chi connectivity index (χ4n) is 1.88. The van der Waals surface area contributed by atoms with Gasteiger partial charge in [-0.1, -0.05) is 46.3 Å². The highest BCUT2D eigenvalue weighted by Crippen LogP contribution is 2.26. The van der Waals surface area contributed by atoms with E-state index in [1.807, 2.05) is 36.4 Å². The number of alkyl halides is 1. The van der Waals surface area contributed by atoms with E-state index in [9.17, 15) is 4.39 Å². The lowest BCUT2D eigenvalue weighted by atomic mass is 10.0. The van der Waals surface area contributed by atoms with Crippen LogP contribution in [0.3, 0.4) is 0 Å². The maximum atomic E-state index is 13.2. The summed E-state index contributed by atoms with van der Waals surface area (Å²) in [6.45, 7) is 0. The number of rotatable bonds is 4. The van der Waals surface area contributed by atoms with Gasteiger partial charge in [0.15, 0.2) is 0 Å². The summed E-state index contributed by atoms with van der Waals surface area (Å²) in [7, 11) is 0. The summed E-state index contributed by atoms with van der Waals surface area (Å²) in [5.41, 5.74) is 2.07. The Labute approximate surface area is 120 Å². The molecule has 94 valence electrons. The zero-order valence-electron chi connectivity index (χ0n) is 9.74. The van der Waals surface area contributed by atoms with Crippen LogP contribution in [-0.4, -0.2) is 0 Å². The zero-order valence-corrected chi connectivity index (χ0v) is 12.1. The monoisotopic (exact) mass is 326 g/mol. The fourth-order valence-corrected chi connectivity index (χ4v) is 2.64. The van der Waals surface area contributed by atoms with Crippen LogP contribution in [0.5, 0.6) is 0 Å². The van der Waals surface area contributed by atoms with Crippen molar-refractivity contribution in [3.05, 3.63) is 69.9 Å². The summed E-state index contributed by atoms with van der Waals surface area (Å²) in [5.74, 6) is -0.217. The first-order valence-electron chi connectivity index (χ1n) is 5.79. The standard InChI is InChI=1S/C15H13BrClF/c16-13-8-11(9-14(18)10-13)6-7-15(17)12-4-2-1-3-5-12/h1-5,8-10,15H,6-7H2. The summed E-state index contributed by atoms with van der Waals surface area (Å²) >= 11 is 9.62. The normalized spacial score (nSPS) is 12.4. The molecule has 0 saturated carbocycles. The molecule has 0 fully saturated rings. The SMILES string of the molecule is Fc1cc(Br)cc(CCC(Cl)c2ccccc2)c1. The molecule has 0 nitrogen and oxygen atoms in total. The smallest absolute Gasteiger partial charge is 0.124 e. The van der Waals surface area contributed by atoms with E-state index in [1.165, 1.54) is 6.07 Å². The summed E-state index contributed by atoms with van der Waals surface area (Å²) < 4.78 is 14.0. The van der Waals surface area contributed by atoms with Crippen molar-refractivity contribution < 1.29 is 4.39 Å². The highest BCUT2D eigenvalue weighted by atomic mass is 79.9. The molecule has 0 saturated heterocycles. The van der Waals surface area contributed by atoms with Gasteiger partial charge in [0.1, 0.15) is 5.82 Å². The second-order valence-corrected chi connectivity index (χ2v) is 5.64. The van der Waals surface area contributed by atoms with Gasteiger partial charge in [0.25, 0.3) is 0 Å². The van der Waals surface area contributed by atoms with E-state index in [1.54, 1.807) is 6.07 Å². The van der Waals surface area contributed by atoms with Gasteiger partial charge < -0.3 is 0 Å². The van der Waals surface area contributed by atoms with Crippen LogP contribution in [0.4, 0.5) is 4.39 Å². The van der Waals surface area contributed by atoms with Crippen LogP contribution in [0.15, 0.2) is 53.0 Å². The van der Waals surface area contributed by atoms with Gasteiger partial charge in [0, 0.05) is 4.47 Å². The van der Waals surface area contributed by atoms with Crippen LogP contribution in [0, 0.1) is 5.82 Å². The molecule has 2 aromatic carbocycles. The maximum absolute atomic E-state index is 13.2. The van der Waals surface area contributed by atoms with Crippen LogP contribution in [0.1, 0.15) is 22.9 Å². The highest BCUT2D eigenvalue weighted by molar-refractivity contribution is 9.10. The van der Waals surface area contributed by atoms with Gasteiger partial charge in [-0.2, -0.15) is 0 Å². The lowest BCUT2D eigenvalue weighted by Crippen LogP contribution is -1.94. The Kier molecular flexibility index (Phi) is 4.79. The molecule has 2 rings (SSSR count). The van der Waals surface area contributed by atoms with E-state index < -0.39 is 0 Å². The van der Waals surface area contributed by atoms with E-state index in [-0.39, 0.29) is 11.2 Å². The highest BCUT2D eigenvalue weighted by Gasteiger charge is 2.08. The quantitative estimate of drug-likeness (QED) is 0.650. The van der Waals surface area contributed by atoms with E-state index >= 15 is 0 Å². The molecule has 0 spiro atoms. The van der Waals surface area contributed by atoms with Crippen molar-refractivity contribution in [3.63, 3.8) is 0 Å². The minimum atomic E-state index is -0.217. The topological polar surface area (TPSA) is 0 Å². The molecule has 2 aromatic rings. The second-order valence-electron chi connectivity index (χ2n) is 4.19. The van der Waals surface area contributed by atoms with Crippen LogP contribution in [-0.2, 0) is 6.42 Å². The molecule has 0 aliphatic carbocycles. The molecule has 0 aliphatic rings. The predicted octanol–water partition coefficient (Wildman–Crippen LogP) is 5.50. The molecule has 3 heteroatoms. The molecule has 0 heterocycles. The molecular weight excluding hydrogens is 315 g/mol. The van der Waals surface area contributed by atoms with Crippen LogP contribution >= 0.6 is 27.5 Å². The molecule has 1 unspecified atom stereocenters. The van der Waals surface area contributed by atoms with Gasteiger partial charge in [-0.15, -0.1) is 11.6 Å². The van der Waals surface area contributed by atoms with Crippen molar-refractivity contribution in [2.24, 2.45) is 0 Å². The molecule has 1 atom stereocenters. The second kappa shape index (κ2) is 6.35. The van der Waals surface area contributed by atoms with E-state index in [0.29, 0.717) is 0 Å². The van der Waals surface area contributed by atoms with Gasteiger partial charge in [-0.05, 0) is 42.2 Å². The minimum absolute atomic E-state index is 0.0340. The van der Waals surface area contributed by atoms with Gasteiger partial charge in [-0.25, -0.2) is 4.39 Å². The van der Waals surface area contributed by atoms with Crippen molar-refractivity contribution in [2.45, 2.75) is 18.2 Å². The Morgan fingerprint density at radius 1 is 1.11 bits per heavy atom. The number of aryl methyl sites for hydroxylation is 1. The van der Waals surface area contributed by atoms with Gasteiger partial charge >= 0.3 is 0 Å². The van der Waals surface area contributed by atoms with Crippen molar-refractivity contribution in [1.29, 1.82) is 0 Å². The average molecular weight is 328 g/mol. The van der Waals surface area contributed by atoms with Gasteiger partial charge in [-0.3, -0.25) is 0 Å². The molecule has 0 aromatic heterocycles. The summed E-state index contributed by atoms with van der Waals surface area (Å²) in [6, 6.07) is 14.9.